The summed E-state index contributed by atoms with van der Waals surface area (Å²) < 4.78 is 10.7. The molecule has 0 aliphatic carbocycles. The summed E-state index contributed by atoms with van der Waals surface area (Å²) in [6, 6.07) is 13.8. The zero-order chi connectivity index (χ0) is 17.1. The highest BCUT2D eigenvalue weighted by Crippen LogP contribution is 2.32. The molecule has 2 heterocycles. The second-order valence-electron chi connectivity index (χ2n) is 5.65. The average molecular weight is 335 g/mol. The van der Waals surface area contributed by atoms with E-state index in [2.05, 4.69) is 25.8 Å². The van der Waals surface area contributed by atoms with Gasteiger partial charge in [-0.15, -0.1) is 5.10 Å². The van der Waals surface area contributed by atoms with Crippen LogP contribution >= 0.6 is 0 Å². The van der Waals surface area contributed by atoms with Crippen LogP contribution < -0.4 is 20.1 Å². The lowest BCUT2D eigenvalue weighted by Gasteiger charge is -2.09. The molecule has 0 bridgehead atoms. The van der Waals surface area contributed by atoms with E-state index in [-0.39, 0.29) is 6.79 Å². The van der Waals surface area contributed by atoms with Crippen LogP contribution in [0.4, 0.5) is 17.5 Å². The van der Waals surface area contributed by atoms with Crippen molar-refractivity contribution in [2.45, 2.75) is 13.5 Å². The van der Waals surface area contributed by atoms with Gasteiger partial charge in [0.2, 0.25) is 12.7 Å². The quantitative estimate of drug-likeness (QED) is 0.740. The normalized spacial score (nSPS) is 12.0. The number of anilines is 3. The topological polar surface area (TPSA) is 81.2 Å². The molecule has 4 rings (SSSR count). The summed E-state index contributed by atoms with van der Waals surface area (Å²) in [5.74, 6) is 2.63. The number of hydrogen-bond donors (Lipinski definition) is 2. The summed E-state index contributed by atoms with van der Waals surface area (Å²) >= 11 is 0. The molecular formula is C18H17N5O2. The van der Waals surface area contributed by atoms with Gasteiger partial charge >= 0.3 is 0 Å². The highest BCUT2D eigenvalue weighted by molar-refractivity contribution is 5.58. The first-order valence-corrected chi connectivity index (χ1v) is 7.93. The number of nitrogens with zero attached hydrogens (tertiary/aromatic N) is 3. The maximum Gasteiger partial charge on any atom is 0.249 e. The minimum atomic E-state index is 0.274. The van der Waals surface area contributed by atoms with E-state index >= 15 is 0 Å². The first-order chi connectivity index (χ1) is 12.3. The van der Waals surface area contributed by atoms with E-state index in [9.17, 15) is 0 Å². The molecule has 0 unspecified atom stereocenters. The zero-order valence-electron chi connectivity index (χ0n) is 13.7. The van der Waals surface area contributed by atoms with Crippen LogP contribution in [0.2, 0.25) is 0 Å². The van der Waals surface area contributed by atoms with Gasteiger partial charge in [-0.05, 0) is 36.2 Å². The number of aryl methyl sites for hydroxylation is 1. The van der Waals surface area contributed by atoms with Crippen molar-refractivity contribution >= 4 is 17.5 Å². The SMILES string of the molecule is Cc1ccccc1Nc1nncc(NCc2ccc3c(c2)OCO3)n1. The maximum atomic E-state index is 5.39. The van der Waals surface area contributed by atoms with Crippen LogP contribution in [0.3, 0.4) is 0 Å². The number of aromatic nitrogens is 3. The van der Waals surface area contributed by atoms with Gasteiger partial charge in [-0.3, -0.25) is 0 Å². The van der Waals surface area contributed by atoms with E-state index < -0.39 is 0 Å². The zero-order valence-corrected chi connectivity index (χ0v) is 13.7. The third kappa shape index (κ3) is 3.45. The van der Waals surface area contributed by atoms with Gasteiger partial charge in [0, 0.05) is 12.2 Å². The highest BCUT2D eigenvalue weighted by Gasteiger charge is 2.13. The Bertz CT molecular complexity index is 900. The van der Waals surface area contributed by atoms with E-state index in [4.69, 9.17) is 9.47 Å². The number of fused-ring (bicyclic) bond motifs is 1. The largest absolute Gasteiger partial charge is 0.454 e. The Morgan fingerprint density at radius 1 is 1.08 bits per heavy atom. The second kappa shape index (κ2) is 6.64. The molecular weight excluding hydrogens is 318 g/mol. The lowest BCUT2D eigenvalue weighted by atomic mass is 10.2. The third-order valence-corrected chi connectivity index (χ3v) is 3.86. The highest BCUT2D eigenvalue weighted by atomic mass is 16.7. The molecule has 0 radical (unpaired) electrons. The van der Waals surface area contributed by atoms with Crippen molar-refractivity contribution in [1.82, 2.24) is 15.2 Å². The van der Waals surface area contributed by atoms with Gasteiger partial charge in [-0.2, -0.15) is 10.1 Å². The molecule has 7 nitrogen and oxygen atoms in total. The Balaban J connectivity index is 1.44. The summed E-state index contributed by atoms with van der Waals surface area (Å²) in [7, 11) is 0. The lowest BCUT2D eigenvalue weighted by molar-refractivity contribution is 0.174. The Hall–Kier alpha value is -3.35. The van der Waals surface area contributed by atoms with E-state index in [0.717, 1.165) is 28.3 Å². The van der Waals surface area contributed by atoms with Crippen molar-refractivity contribution in [3.63, 3.8) is 0 Å². The van der Waals surface area contributed by atoms with Gasteiger partial charge in [0.05, 0.1) is 6.20 Å². The van der Waals surface area contributed by atoms with E-state index in [1.54, 1.807) is 6.20 Å². The smallest absolute Gasteiger partial charge is 0.249 e. The van der Waals surface area contributed by atoms with Crippen molar-refractivity contribution in [2.75, 3.05) is 17.4 Å². The van der Waals surface area contributed by atoms with Gasteiger partial charge in [0.25, 0.3) is 0 Å². The van der Waals surface area contributed by atoms with Crippen LogP contribution in [0.25, 0.3) is 0 Å². The summed E-state index contributed by atoms with van der Waals surface area (Å²) in [5.41, 5.74) is 3.14. The Morgan fingerprint density at radius 3 is 2.88 bits per heavy atom. The van der Waals surface area contributed by atoms with Gasteiger partial charge in [0.1, 0.15) is 0 Å². The molecule has 0 saturated carbocycles. The Morgan fingerprint density at radius 2 is 1.96 bits per heavy atom. The fourth-order valence-electron chi connectivity index (χ4n) is 2.52. The lowest BCUT2D eigenvalue weighted by Crippen LogP contribution is -2.06. The summed E-state index contributed by atoms with van der Waals surface area (Å²) in [4.78, 5) is 4.44. The van der Waals surface area contributed by atoms with Crippen LogP contribution in [0.5, 0.6) is 11.5 Å². The Labute approximate surface area is 145 Å². The number of nitrogens with one attached hydrogen (secondary N) is 2. The van der Waals surface area contributed by atoms with Crippen molar-refractivity contribution in [1.29, 1.82) is 0 Å². The van der Waals surface area contributed by atoms with Gasteiger partial charge < -0.3 is 20.1 Å². The molecule has 2 N–H and O–H groups in total. The van der Waals surface area contributed by atoms with E-state index in [0.29, 0.717) is 18.3 Å². The molecule has 2 aromatic carbocycles. The average Bonchev–Trinajstić information content (AvgIpc) is 3.10. The predicted molar refractivity (Wildman–Crippen MR) is 94.2 cm³/mol. The standard InChI is InChI=1S/C18H17N5O2/c1-12-4-2-3-5-14(12)21-18-22-17(10-20-23-18)19-9-13-6-7-15-16(8-13)25-11-24-15/h2-8,10H,9,11H2,1H3,(H2,19,21,22,23). The minimum Gasteiger partial charge on any atom is -0.454 e. The van der Waals surface area contributed by atoms with Crippen LogP contribution in [-0.4, -0.2) is 22.0 Å². The van der Waals surface area contributed by atoms with Gasteiger partial charge in [0.15, 0.2) is 17.3 Å². The summed E-state index contributed by atoms with van der Waals surface area (Å²) in [6.07, 6.45) is 1.59. The van der Waals surface area contributed by atoms with Crippen molar-refractivity contribution < 1.29 is 9.47 Å². The van der Waals surface area contributed by atoms with Crippen molar-refractivity contribution in [3.8, 4) is 11.5 Å². The molecule has 0 amide bonds. The molecule has 1 aliphatic heterocycles. The Kier molecular flexibility index (Phi) is 4.04. The molecule has 0 atom stereocenters. The van der Waals surface area contributed by atoms with Gasteiger partial charge in [-0.25, -0.2) is 0 Å². The molecule has 126 valence electrons. The van der Waals surface area contributed by atoms with Crippen LogP contribution in [-0.2, 0) is 6.54 Å². The molecule has 1 aromatic heterocycles. The first-order valence-electron chi connectivity index (χ1n) is 7.93. The first kappa shape index (κ1) is 15.2. The molecule has 0 fully saturated rings. The third-order valence-electron chi connectivity index (χ3n) is 3.86. The fraction of sp³-hybridized carbons (Fsp3) is 0.167. The van der Waals surface area contributed by atoms with Crippen LogP contribution in [0, 0.1) is 6.92 Å². The molecule has 0 saturated heterocycles. The predicted octanol–water partition coefficient (Wildman–Crippen LogP) is 3.26. The number of para-hydroxylation sites is 1. The van der Waals surface area contributed by atoms with Crippen molar-refractivity contribution in [3.05, 3.63) is 59.8 Å². The number of hydrogen-bond acceptors (Lipinski definition) is 7. The molecule has 25 heavy (non-hydrogen) atoms. The number of ether oxygens (including phenoxy) is 2. The monoisotopic (exact) mass is 335 g/mol. The van der Waals surface area contributed by atoms with Gasteiger partial charge in [-0.1, -0.05) is 24.3 Å². The minimum absolute atomic E-state index is 0.274. The van der Waals surface area contributed by atoms with Crippen LogP contribution in [0.1, 0.15) is 11.1 Å². The molecule has 1 aliphatic rings. The molecule has 7 heteroatoms. The summed E-state index contributed by atoms with van der Waals surface area (Å²) in [6.45, 7) is 2.90. The van der Waals surface area contributed by atoms with Crippen molar-refractivity contribution in [2.24, 2.45) is 0 Å². The fourth-order valence-corrected chi connectivity index (χ4v) is 2.52. The maximum absolute atomic E-state index is 5.39. The number of benzene rings is 2. The number of rotatable bonds is 5. The van der Waals surface area contributed by atoms with E-state index in [1.165, 1.54) is 0 Å². The van der Waals surface area contributed by atoms with Crippen LogP contribution in [0.15, 0.2) is 48.7 Å². The molecule has 3 aromatic rings. The summed E-state index contributed by atoms with van der Waals surface area (Å²) in [5, 5.41) is 14.5. The molecule has 0 spiro atoms. The van der Waals surface area contributed by atoms with E-state index in [1.807, 2.05) is 49.4 Å². The second-order valence-corrected chi connectivity index (χ2v) is 5.65.